The maximum absolute atomic E-state index is 12.1. The van der Waals surface area contributed by atoms with Crippen molar-refractivity contribution in [1.82, 2.24) is 0 Å². The topological polar surface area (TPSA) is 38.3 Å². The summed E-state index contributed by atoms with van der Waals surface area (Å²) in [7, 11) is 0. The van der Waals surface area contributed by atoms with E-state index in [-0.39, 0.29) is 5.91 Å². The third-order valence-corrected chi connectivity index (χ3v) is 5.62. The predicted octanol–water partition coefficient (Wildman–Crippen LogP) is 6.44. The van der Waals surface area contributed by atoms with Crippen LogP contribution in [0, 0.1) is 0 Å². The van der Waals surface area contributed by atoms with E-state index in [1.54, 1.807) is 6.07 Å². The van der Waals surface area contributed by atoms with Crippen molar-refractivity contribution in [2.75, 3.05) is 11.1 Å². The molecule has 3 nitrogen and oxygen atoms in total. The van der Waals surface area contributed by atoms with Gasteiger partial charge in [0.2, 0.25) is 5.91 Å². The van der Waals surface area contributed by atoms with Crippen LogP contribution in [0.1, 0.15) is 11.1 Å². The van der Waals surface area contributed by atoms with Gasteiger partial charge in [-0.2, -0.15) is 0 Å². The number of anilines is 1. The number of carbonyl (C=O) groups excluding carboxylic acids is 1. The number of rotatable bonds is 8. The van der Waals surface area contributed by atoms with E-state index >= 15 is 0 Å². The lowest BCUT2D eigenvalue weighted by Crippen LogP contribution is -2.14. The normalized spacial score (nSPS) is 10.5. The molecule has 0 aliphatic carbocycles. The van der Waals surface area contributed by atoms with E-state index in [9.17, 15) is 4.79 Å². The molecule has 0 atom stereocenters. The van der Waals surface area contributed by atoms with Crippen molar-refractivity contribution in [3.05, 3.63) is 94.0 Å². The Kier molecular flexibility index (Phi) is 7.66. The fourth-order valence-electron chi connectivity index (χ4n) is 2.46. The van der Waals surface area contributed by atoms with Gasteiger partial charge < -0.3 is 10.1 Å². The number of carbonyl (C=O) groups is 1. The summed E-state index contributed by atoms with van der Waals surface area (Å²) in [5, 5.41) is 3.95. The SMILES string of the molecule is O=C(CSCc1ccc(Cl)c(Cl)c1)Nc1ccc(OCc2ccccc2)cc1. The van der Waals surface area contributed by atoms with Crippen molar-refractivity contribution >= 4 is 46.6 Å². The van der Waals surface area contributed by atoms with Gasteiger partial charge in [0.15, 0.2) is 0 Å². The Labute approximate surface area is 179 Å². The molecule has 0 saturated carbocycles. The molecule has 0 bridgehead atoms. The van der Waals surface area contributed by atoms with Gasteiger partial charge in [0.25, 0.3) is 0 Å². The number of thioether (sulfide) groups is 1. The van der Waals surface area contributed by atoms with Gasteiger partial charge in [-0.15, -0.1) is 11.8 Å². The van der Waals surface area contributed by atoms with Crippen LogP contribution < -0.4 is 10.1 Å². The fraction of sp³-hybridized carbons (Fsp3) is 0.136. The van der Waals surface area contributed by atoms with Gasteiger partial charge in [0.1, 0.15) is 12.4 Å². The van der Waals surface area contributed by atoms with Crippen LogP contribution in [0.5, 0.6) is 5.75 Å². The summed E-state index contributed by atoms with van der Waals surface area (Å²) in [5.74, 6) is 1.75. The highest BCUT2D eigenvalue weighted by atomic mass is 35.5. The Morgan fingerprint density at radius 3 is 2.36 bits per heavy atom. The lowest BCUT2D eigenvalue weighted by Gasteiger charge is -2.09. The average Bonchev–Trinajstić information content (AvgIpc) is 2.71. The first kappa shape index (κ1) is 20.6. The molecule has 0 radical (unpaired) electrons. The van der Waals surface area contributed by atoms with Crippen molar-refractivity contribution in [3.8, 4) is 5.75 Å². The van der Waals surface area contributed by atoms with Crippen LogP contribution in [0.25, 0.3) is 0 Å². The minimum atomic E-state index is -0.0528. The zero-order chi connectivity index (χ0) is 19.8. The van der Waals surface area contributed by atoms with E-state index in [1.807, 2.05) is 66.7 Å². The molecule has 144 valence electrons. The smallest absolute Gasteiger partial charge is 0.234 e. The van der Waals surface area contributed by atoms with Crippen LogP contribution in [0.3, 0.4) is 0 Å². The lowest BCUT2D eigenvalue weighted by atomic mass is 10.2. The molecule has 0 saturated heterocycles. The molecule has 0 unspecified atom stereocenters. The van der Waals surface area contributed by atoms with Crippen LogP contribution in [-0.4, -0.2) is 11.7 Å². The molecular weight excluding hydrogens is 413 g/mol. The summed E-state index contributed by atoms with van der Waals surface area (Å²) in [5.41, 5.74) is 2.89. The van der Waals surface area contributed by atoms with E-state index in [2.05, 4.69) is 5.32 Å². The second-order valence-corrected chi connectivity index (χ2v) is 7.89. The maximum atomic E-state index is 12.1. The quantitative estimate of drug-likeness (QED) is 0.445. The molecule has 0 aliphatic heterocycles. The predicted molar refractivity (Wildman–Crippen MR) is 118 cm³/mol. The average molecular weight is 432 g/mol. The molecule has 3 rings (SSSR count). The van der Waals surface area contributed by atoms with Gasteiger partial charge in [-0.05, 0) is 47.5 Å². The molecule has 0 spiro atoms. The first-order chi connectivity index (χ1) is 13.6. The number of amides is 1. The molecule has 6 heteroatoms. The molecule has 0 fully saturated rings. The van der Waals surface area contributed by atoms with Crippen LogP contribution in [0.15, 0.2) is 72.8 Å². The maximum Gasteiger partial charge on any atom is 0.234 e. The van der Waals surface area contributed by atoms with Gasteiger partial charge in [-0.1, -0.05) is 59.6 Å². The highest BCUT2D eigenvalue weighted by Crippen LogP contribution is 2.25. The van der Waals surface area contributed by atoms with E-state index in [1.165, 1.54) is 11.8 Å². The highest BCUT2D eigenvalue weighted by molar-refractivity contribution is 7.99. The summed E-state index contributed by atoms with van der Waals surface area (Å²) in [6.07, 6.45) is 0. The molecule has 0 heterocycles. The Morgan fingerprint density at radius 1 is 0.893 bits per heavy atom. The van der Waals surface area contributed by atoms with Gasteiger partial charge in [0, 0.05) is 11.4 Å². The number of benzene rings is 3. The molecule has 3 aromatic rings. The van der Waals surface area contributed by atoms with Crippen LogP contribution in [0.2, 0.25) is 10.0 Å². The van der Waals surface area contributed by atoms with Crippen LogP contribution >= 0.6 is 35.0 Å². The standard InChI is InChI=1S/C22H19Cl2NO2S/c23-20-11-6-17(12-21(20)24)14-28-15-22(26)25-18-7-9-19(10-8-18)27-13-16-4-2-1-3-5-16/h1-12H,13-15H2,(H,25,26). The largest absolute Gasteiger partial charge is 0.489 e. The van der Waals surface area contributed by atoms with Gasteiger partial charge in [-0.3, -0.25) is 4.79 Å². The minimum Gasteiger partial charge on any atom is -0.489 e. The van der Waals surface area contributed by atoms with Gasteiger partial charge in [-0.25, -0.2) is 0 Å². The number of nitrogens with one attached hydrogen (secondary N) is 1. The monoisotopic (exact) mass is 431 g/mol. The highest BCUT2D eigenvalue weighted by Gasteiger charge is 2.05. The van der Waals surface area contributed by atoms with Gasteiger partial charge in [0.05, 0.1) is 15.8 Å². The number of ether oxygens (including phenoxy) is 1. The Hall–Kier alpha value is -2.14. The minimum absolute atomic E-state index is 0.0528. The van der Waals surface area contributed by atoms with Crippen LogP contribution in [0.4, 0.5) is 5.69 Å². The third kappa shape index (κ3) is 6.48. The molecule has 28 heavy (non-hydrogen) atoms. The third-order valence-electron chi connectivity index (χ3n) is 3.87. The summed E-state index contributed by atoms with van der Waals surface area (Å²) in [6, 6.07) is 22.8. The number of hydrogen-bond donors (Lipinski definition) is 1. The van der Waals surface area contributed by atoms with Crippen molar-refractivity contribution in [1.29, 1.82) is 0 Å². The summed E-state index contributed by atoms with van der Waals surface area (Å²) in [6.45, 7) is 0.512. The van der Waals surface area contributed by atoms with E-state index in [4.69, 9.17) is 27.9 Å². The zero-order valence-corrected chi connectivity index (χ0v) is 17.4. The van der Waals surface area contributed by atoms with E-state index in [0.29, 0.717) is 28.2 Å². The second kappa shape index (κ2) is 10.4. The fourth-order valence-corrected chi connectivity index (χ4v) is 3.56. The van der Waals surface area contributed by atoms with Gasteiger partial charge >= 0.3 is 0 Å². The van der Waals surface area contributed by atoms with Crippen molar-refractivity contribution in [3.63, 3.8) is 0 Å². The second-order valence-electron chi connectivity index (χ2n) is 6.09. The Bertz CT molecular complexity index is 918. The van der Waals surface area contributed by atoms with E-state index in [0.717, 1.165) is 22.6 Å². The number of halogens is 2. The molecule has 1 amide bonds. The lowest BCUT2D eigenvalue weighted by molar-refractivity contribution is -0.113. The van der Waals surface area contributed by atoms with Crippen molar-refractivity contribution < 1.29 is 9.53 Å². The van der Waals surface area contributed by atoms with E-state index < -0.39 is 0 Å². The first-order valence-corrected chi connectivity index (χ1v) is 10.6. The molecule has 3 aromatic carbocycles. The van der Waals surface area contributed by atoms with Crippen LogP contribution in [-0.2, 0) is 17.2 Å². The first-order valence-electron chi connectivity index (χ1n) is 8.68. The molecule has 0 aromatic heterocycles. The summed E-state index contributed by atoms with van der Waals surface area (Å²) < 4.78 is 5.75. The molecular formula is C22H19Cl2NO2S. The van der Waals surface area contributed by atoms with Crippen molar-refractivity contribution in [2.24, 2.45) is 0 Å². The number of hydrogen-bond acceptors (Lipinski definition) is 3. The summed E-state index contributed by atoms with van der Waals surface area (Å²) >= 11 is 13.4. The molecule has 1 N–H and O–H groups in total. The molecule has 0 aliphatic rings. The summed E-state index contributed by atoms with van der Waals surface area (Å²) in [4.78, 5) is 12.1. The Morgan fingerprint density at radius 2 is 1.64 bits per heavy atom. The Balaban J connectivity index is 1.41. The van der Waals surface area contributed by atoms with Crippen molar-refractivity contribution in [2.45, 2.75) is 12.4 Å². The zero-order valence-electron chi connectivity index (χ0n) is 15.0.